The zero-order valence-electron chi connectivity index (χ0n) is 11.2. The molecule has 2 fully saturated rings. The third-order valence-electron chi connectivity index (χ3n) is 4.09. The summed E-state index contributed by atoms with van der Waals surface area (Å²) in [5.74, 6) is 0.0426. The molecular formula is C14H26N2O2. The Kier molecular flexibility index (Phi) is 5.45. The summed E-state index contributed by atoms with van der Waals surface area (Å²) >= 11 is 0. The quantitative estimate of drug-likeness (QED) is 0.803. The summed E-state index contributed by atoms with van der Waals surface area (Å²) in [5.41, 5.74) is 5.90. The summed E-state index contributed by atoms with van der Waals surface area (Å²) in [6.45, 7) is 0.202. The van der Waals surface area contributed by atoms with Gasteiger partial charge in [-0.1, -0.05) is 19.3 Å². The van der Waals surface area contributed by atoms with Gasteiger partial charge in [-0.2, -0.15) is 0 Å². The Morgan fingerprint density at radius 3 is 2.61 bits per heavy atom. The highest BCUT2D eigenvalue weighted by atomic mass is 16.5. The summed E-state index contributed by atoms with van der Waals surface area (Å²) in [6, 6.07) is 0.633. The molecule has 0 aromatic rings. The van der Waals surface area contributed by atoms with Crippen LogP contribution in [0.2, 0.25) is 0 Å². The van der Waals surface area contributed by atoms with E-state index < -0.39 is 0 Å². The molecule has 0 saturated heterocycles. The van der Waals surface area contributed by atoms with Crippen molar-refractivity contribution in [1.82, 2.24) is 5.32 Å². The number of carbonyl (C=O) groups excluding carboxylic acids is 1. The average molecular weight is 254 g/mol. The molecule has 4 heteroatoms. The monoisotopic (exact) mass is 254 g/mol. The van der Waals surface area contributed by atoms with Crippen LogP contribution in [0.25, 0.3) is 0 Å². The number of amides is 1. The van der Waals surface area contributed by atoms with E-state index in [-0.39, 0.29) is 24.7 Å². The van der Waals surface area contributed by atoms with E-state index in [4.69, 9.17) is 10.5 Å². The van der Waals surface area contributed by atoms with Gasteiger partial charge in [0.1, 0.15) is 6.61 Å². The third-order valence-corrected chi connectivity index (χ3v) is 4.09. The second kappa shape index (κ2) is 7.10. The van der Waals surface area contributed by atoms with Crippen molar-refractivity contribution in [3.63, 3.8) is 0 Å². The van der Waals surface area contributed by atoms with E-state index in [0.29, 0.717) is 6.04 Å². The summed E-state index contributed by atoms with van der Waals surface area (Å²) in [4.78, 5) is 11.8. The van der Waals surface area contributed by atoms with Crippen molar-refractivity contribution in [3.05, 3.63) is 0 Å². The van der Waals surface area contributed by atoms with Crippen molar-refractivity contribution in [2.24, 2.45) is 5.73 Å². The maximum atomic E-state index is 11.8. The fourth-order valence-corrected chi connectivity index (χ4v) is 3.04. The van der Waals surface area contributed by atoms with E-state index >= 15 is 0 Å². The molecule has 3 N–H and O–H groups in total. The summed E-state index contributed by atoms with van der Waals surface area (Å²) in [7, 11) is 0. The molecular weight excluding hydrogens is 228 g/mol. The Morgan fingerprint density at radius 2 is 1.89 bits per heavy atom. The summed E-state index contributed by atoms with van der Waals surface area (Å²) in [5, 5.41) is 3.07. The van der Waals surface area contributed by atoms with Crippen LogP contribution in [0.4, 0.5) is 0 Å². The Balaban J connectivity index is 1.61. The molecule has 104 valence electrons. The van der Waals surface area contributed by atoms with E-state index in [1.807, 2.05) is 0 Å². The number of carbonyl (C=O) groups is 1. The minimum atomic E-state index is 0.0426. The fraction of sp³-hybridized carbons (Fsp3) is 0.929. The molecule has 2 atom stereocenters. The summed E-state index contributed by atoms with van der Waals surface area (Å²) < 4.78 is 5.66. The van der Waals surface area contributed by atoms with E-state index in [0.717, 1.165) is 38.5 Å². The van der Waals surface area contributed by atoms with Crippen molar-refractivity contribution in [2.45, 2.75) is 76.0 Å². The van der Waals surface area contributed by atoms with Gasteiger partial charge in [-0.25, -0.2) is 0 Å². The zero-order chi connectivity index (χ0) is 12.8. The second-order valence-corrected chi connectivity index (χ2v) is 5.76. The molecule has 4 nitrogen and oxygen atoms in total. The minimum absolute atomic E-state index is 0.0426. The lowest BCUT2D eigenvalue weighted by molar-refractivity contribution is -0.129. The average Bonchev–Trinajstić information content (AvgIpc) is 2.38. The highest BCUT2D eigenvalue weighted by Gasteiger charge is 2.21. The predicted molar refractivity (Wildman–Crippen MR) is 71.2 cm³/mol. The Bertz CT molecular complexity index is 265. The molecule has 2 rings (SSSR count). The van der Waals surface area contributed by atoms with Gasteiger partial charge in [-0.15, -0.1) is 0 Å². The Hall–Kier alpha value is -0.610. The van der Waals surface area contributed by atoms with Crippen LogP contribution >= 0.6 is 0 Å². The van der Waals surface area contributed by atoms with Gasteiger partial charge in [-0.3, -0.25) is 4.79 Å². The smallest absolute Gasteiger partial charge is 0.246 e. The molecule has 0 heterocycles. The van der Waals surface area contributed by atoms with Crippen LogP contribution in [-0.4, -0.2) is 30.7 Å². The molecule has 0 spiro atoms. The number of nitrogens with one attached hydrogen (secondary N) is 1. The maximum Gasteiger partial charge on any atom is 0.246 e. The first-order chi connectivity index (χ1) is 8.74. The van der Waals surface area contributed by atoms with E-state index in [1.54, 1.807) is 0 Å². The van der Waals surface area contributed by atoms with Gasteiger partial charge in [0.15, 0.2) is 0 Å². The molecule has 1 amide bonds. The van der Waals surface area contributed by atoms with Crippen LogP contribution in [0.3, 0.4) is 0 Å². The molecule has 0 aliphatic heterocycles. The largest absolute Gasteiger partial charge is 0.368 e. The van der Waals surface area contributed by atoms with Crippen molar-refractivity contribution in [3.8, 4) is 0 Å². The van der Waals surface area contributed by atoms with Gasteiger partial charge in [0.2, 0.25) is 5.91 Å². The van der Waals surface area contributed by atoms with Gasteiger partial charge >= 0.3 is 0 Å². The first-order valence-corrected chi connectivity index (χ1v) is 7.40. The molecule has 0 bridgehead atoms. The summed E-state index contributed by atoms with van der Waals surface area (Å²) in [6.07, 6.45) is 10.4. The normalized spacial score (nSPS) is 30.1. The van der Waals surface area contributed by atoms with Crippen molar-refractivity contribution < 1.29 is 9.53 Å². The fourth-order valence-electron chi connectivity index (χ4n) is 3.04. The number of rotatable bonds is 4. The lowest BCUT2D eigenvalue weighted by Gasteiger charge is -2.27. The van der Waals surface area contributed by atoms with Gasteiger partial charge in [-0.05, 0) is 38.5 Å². The SMILES string of the molecule is NC1CCCC(OCC(=O)NC2CCCCC2)C1. The van der Waals surface area contributed by atoms with Crippen LogP contribution in [0.5, 0.6) is 0 Å². The second-order valence-electron chi connectivity index (χ2n) is 5.76. The lowest BCUT2D eigenvalue weighted by Crippen LogP contribution is -2.40. The van der Waals surface area contributed by atoms with Gasteiger partial charge in [0.25, 0.3) is 0 Å². The molecule has 2 aliphatic carbocycles. The topological polar surface area (TPSA) is 64.3 Å². The van der Waals surface area contributed by atoms with Crippen LogP contribution in [-0.2, 0) is 9.53 Å². The number of ether oxygens (including phenoxy) is 1. The Labute approximate surface area is 110 Å². The van der Waals surface area contributed by atoms with Crippen molar-refractivity contribution in [2.75, 3.05) is 6.61 Å². The van der Waals surface area contributed by atoms with E-state index in [2.05, 4.69) is 5.32 Å². The Morgan fingerprint density at radius 1 is 1.11 bits per heavy atom. The van der Waals surface area contributed by atoms with Crippen molar-refractivity contribution >= 4 is 5.91 Å². The van der Waals surface area contributed by atoms with Gasteiger partial charge in [0, 0.05) is 12.1 Å². The van der Waals surface area contributed by atoms with Crippen LogP contribution in [0.15, 0.2) is 0 Å². The molecule has 0 aromatic heterocycles. The maximum absolute atomic E-state index is 11.8. The predicted octanol–water partition coefficient (Wildman–Crippen LogP) is 1.72. The zero-order valence-corrected chi connectivity index (χ0v) is 11.2. The standard InChI is InChI=1S/C14H26N2O2/c15-11-5-4-8-13(9-11)18-10-14(17)16-12-6-2-1-3-7-12/h11-13H,1-10,15H2,(H,16,17). The van der Waals surface area contributed by atoms with Crippen molar-refractivity contribution in [1.29, 1.82) is 0 Å². The van der Waals surface area contributed by atoms with E-state index in [9.17, 15) is 4.79 Å². The number of nitrogens with two attached hydrogens (primary N) is 1. The highest BCUT2D eigenvalue weighted by Crippen LogP contribution is 2.20. The van der Waals surface area contributed by atoms with Crippen LogP contribution < -0.4 is 11.1 Å². The molecule has 0 aromatic carbocycles. The molecule has 2 aliphatic rings. The molecule has 2 unspecified atom stereocenters. The molecule has 0 radical (unpaired) electrons. The van der Waals surface area contributed by atoms with Crippen LogP contribution in [0.1, 0.15) is 57.8 Å². The van der Waals surface area contributed by atoms with Gasteiger partial charge in [0.05, 0.1) is 6.10 Å². The highest BCUT2D eigenvalue weighted by molar-refractivity contribution is 5.77. The third kappa shape index (κ3) is 4.58. The minimum Gasteiger partial charge on any atom is -0.368 e. The number of hydrogen-bond donors (Lipinski definition) is 2. The molecule has 2 saturated carbocycles. The first kappa shape index (κ1) is 13.8. The van der Waals surface area contributed by atoms with E-state index in [1.165, 1.54) is 19.3 Å². The number of hydrogen-bond acceptors (Lipinski definition) is 3. The first-order valence-electron chi connectivity index (χ1n) is 7.40. The van der Waals surface area contributed by atoms with Crippen LogP contribution in [0, 0.1) is 0 Å². The molecule has 18 heavy (non-hydrogen) atoms. The van der Waals surface area contributed by atoms with Gasteiger partial charge < -0.3 is 15.8 Å². The lowest BCUT2D eigenvalue weighted by atomic mass is 9.93.